The van der Waals surface area contributed by atoms with Gasteiger partial charge in [0.2, 0.25) is 0 Å². The molecule has 1 N–H and O–H groups in total. The summed E-state index contributed by atoms with van der Waals surface area (Å²) in [6, 6.07) is 1.57. The minimum Gasteiger partial charge on any atom is -0.316 e. The highest BCUT2D eigenvalue weighted by atomic mass is 15.2. The van der Waals surface area contributed by atoms with Gasteiger partial charge in [0, 0.05) is 25.2 Å². The van der Waals surface area contributed by atoms with Crippen molar-refractivity contribution in [3.05, 3.63) is 0 Å². The first-order valence-corrected chi connectivity index (χ1v) is 7.51. The van der Waals surface area contributed by atoms with E-state index in [0.29, 0.717) is 5.41 Å². The fraction of sp³-hybridized carbons (Fsp3) is 1.00. The molecule has 0 amide bonds. The van der Waals surface area contributed by atoms with E-state index in [1.165, 1.54) is 45.3 Å². The van der Waals surface area contributed by atoms with Crippen LogP contribution >= 0.6 is 0 Å². The summed E-state index contributed by atoms with van der Waals surface area (Å²) in [4.78, 5) is 2.79. The molecule has 0 aromatic rings. The van der Waals surface area contributed by atoms with Crippen molar-refractivity contribution in [2.45, 2.75) is 65.5 Å². The van der Waals surface area contributed by atoms with Gasteiger partial charge in [-0.1, -0.05) is 20.3 Å². The Bertz CT molecular complexity index is 233. The Labute approximate surface area is 107 Å². The molecule has 3 atom stereocenters. The Morgan fingerprint density at radius 3 is 2.35 bits per heavy atom. The van der Waals surface area contributed by atoms with E-state index in [4.69, 9.17) is 0 Å². The number of nitrogens with one attached hydrogen (secondary N) is 1. The van der Waals surface area contributed by atoms with Crippen LogP contribution in [0.3, 0.4) is 0 Å². The second kappa shape index (κ2) is 5.27. The lowest BCUT2D eigenvalue weighted by molar-refractivity contribution is 0.0349. The molecule has 17 heavy (non-hydrogen) atoms. The molecule has 2 aliphatic rings. The van der Waals surface area contributed by atoms with Gasteiger partial charge in [0.15, 0.2) is 0 Å². The third-order valence-corrected chi connectivity index (χ3v) is 5.38. The number of piperidine rings is 1. The van der Waals surface area contributed by atoms with Gasteiger partial charge < -0.3 is 5.32 Å². The molecule has 0 aromatic heterocycles. The minimum atomic E-state index is 0.528. The lowest BCUT2D eigenvalue weighted by atomic mass is 9.75. The van der Waals surface area contributed by atoms with Gasteiger partial charge in [-0.2, -0.15) is 0 Å². The largest absolute Gasteiger partial charge is 0.316 e. The lowest BCUT2D eigenvalue weighted by Crippen LogP contribution is -2.51. The molecule has 2 aliphatic heterocycles. The molecule has 2 fully saturated rings. The fourth-order valence-corrected chi connectivity index (χ4v) is 3.72. The van der Waals surface area contributed by atoms with E-state index in [1.54, 1.807) is 0 Å². The van der Waals surface area contributed by atoms with Gasteiger partial charge in [0.05, 0.1) is 0 Å². The molecule has 2 nitrogen and oxygen atoms in total. The topological polar surface area (TPSA) is 15.3 Å². The average Bonchev–Trinajstić information content (AvgIpc) is 2.73. The zero-order valence-corrected chi connectivity index (χ0v) is 12.1. The van der Waals surface area contributed by atoms with Crippen LogP contribution in [-0.2, 0) is 0 Å². The first-order chi connectivity index (χ1) is 8.05. The molecule has 0 aromatic carbocycles. The summed E-state index contributed by atoms with van der Waals surface area (Å²) in [5.41, 5.74) is 0.528. The van der Waals surface area contributed by atoms with Gasteiger partial charge in [-0.25, -0.2) is 0 Å². The van der Waals surface area contributed by atoms with Crippen LogP contribution in [0.1, 0.15) is 53.4 Å². The maximum atomic E-state index is 3.59. The third kappa shape index (κ3) is 2.68. The van der Waals surface area contributed by atoms with Crippen molar-refractivity contribution in [1.82, 2.24) is 10.2 Å². The molecule has 0 aliphatic carbocycles. The van der Waals surface area contributed by atoms with Gasteiger partial charge in [-0.15, -0.1) is 0 Å². The summed E-state index contributed by atoms with van der Waals surface area (Å²) >= 11 is 0. The zero-order chi connectivity index (χ0) is 12.5. The molecule has 0 spiro atoms. The number of hydrogen-bond donors (Lipinski definition) is 1. The van der Waals surface area contributed by atoms with Crippen molar-refractivity contribution in [1.29, 1.82) is 0 Å². The predicted octanol–water partition coefficient (Wildman–Crippen LogP) is 2.89. The van der Waals surface area contributed by atoms with Gasteiger partial charge >= 0.3 is 0 Å². The molecule has 2 rings (SSSR count). The molecular weight excluding hydrogens is 208 g/mol. The van der Waals surface area contributed by atoms with Crippen LogP contribution in [0.4, 0.5) is 0 Å². The van der Waals surface area contributed by atoms with Crippen molar-refractivity contribution in [2.75, 3.05) is 19.6 Å². The highest BCUT2D eigenvalue weighted by Crippen LogP contribution is 2.37. The number of hydrogen-bond acceptors (Lipinski definition) is 2. The summed E-state index contributed by atoms with van der Waals surface area (Å²) in [5.74, 6) is 0.791. The average molecular weight is 238 g/mol. The molecule has 0 saturated carbocycles. The van der Waals surface area contributed by atoms with E-state index in [-0.39, 0.29) is 0 Å². The van der Waals surface area contributed by atoms with Crippen LogP contribution in [0.15, 0.2) is 0 Å². The second-order valence-corrected chi connectivity index (χ2v) is 6.75. The minimum absolute atomic E-state index is 0.528. The fourth-order valence-electron chi connectivity index (χ4n) is 3.72. The van der Waals surface area contributed by atoms with Crippen LogP contribution < -0.4 is 5.32 Å². The standard InChI is InChI=1S/C15H30N2/c1-12(2)15(8-9-16-10-15)11-17-13(3)6-5-7-14(17)4/h12-14,16H,5-11H2,1-4H3. The van der Waals surface area contributed by atoms with Gasteiger partial charge in [0.25, 0.3) is 0 Å². The Morgan fingerprint density at radius 2 is 1.88 bits per heavy atom. The Morgan fingerprint density at radius 1 is 1.24 bits per heavy atom. The highest BCUT2D eigenvalue weighted by Gasteiger charge is 2.40. The first-order valence-electron chi connectivity index (χ1n) is 7.51. The van der Waals surface area contributed by atoms with Crippen LogP contribution in [-0.4, -0.2) is 36.6 Å². The summed E-state index contributed by atoms with van der Waals surface area (Å²) in [6.07, 6.45) is 5.57. The van der Waals surface area contributed by atoms with E-state index in [9.17, 15) is 0 Å². The summed E-state index contributed by atoms with van der Waals surface area (Å²) in [5, 5.41) is 3.59. The van der Waals surface area contributed by atoms with Crippen LogP contribution in [0.5, 0.6) is 0 Å². The van der Waals surface area contributed by atoms with Crippen molar-refractivity contribution in [3.8, 4) is 0 Å². The van der Waals surface area contributed by atoms with E-state index < -0.39 is 0 Å². The zero-order valence-electron chi connectivity index (χ0n) is 12.1. The van der Waals surface area contributed by atoms with E-state index in [1.807, 2.05) is 0 Å². The second-order valence-electron chi connectivity index (χ2n) is 6.75. The smallest absolute Gasteiger partial charge is 0.00700 e. The maximum absolute atomic E-state index is 3.59. The lowest BCUT2D eigenvalue weighted by Gasteiger charge is -2.46. The van der Waals surface area contributed by atoms with Gasteiger partial charge in [-0.3, -0.25) is 4.90 Å². The van der Waals surface area contributed by atoms with E-state index in [2.05, 4.69) is 37.9 Å². The molecule has 0 bridgehead atoms. The van der Waals surface area contributed by atoms with Gasteiger partial charge in [-0.05, 0) is 51.0 Å². The van der Waals surface area contributed by atoms with Crippen molar-refractivity contribution < 1.29 is 0 Å². The molecule has 2 saturated heterocycles. The molecule has 0 radical (unpaired) electrons. The number of likely N-dealkylation sites (tertiary alicyclic amines) is 1. The maximum Gasteiger partial charge on any atom is 0.00700 e. The van der Waals surface area contributed by atoms with Crippen LogP contribution in [0, 0.1) is 11.3 Å². The first kappa shape index (κ1) is 13.4. The Hall–Kier alpha value is -0.0800. The molecule has 3 unspecified atom stereocenters. The molecule has 100 valence electrons. The molecule has 2 heteroatoms. The molecule has 2 heterocycles. The monoisotopic (exact) mass is 238 g/mol. The normalized spacial score (nSPS) is 40.1. The van der Waals surface area contributed by atoms with E-state index in [0.717, 1.165) is 18.0 Å². The molecular formula is C15H30N2. The Kier molecular flexibility index (Phi) is 4.14. The summed E-state index contributed by atoms with van der Waals surface area (Å²) < 4.78 is 0. The summed E-state index contributed by atoms with van der Waals surface area (Å²) in [6.45, 7) is 13.4. The highest BCUT2D eigenvalue weighted by molar-refractivity contribution is 4.95. The van der Waals surface area contributed by atoms with Crippen LogP contribution in [0.25, 0.3) is 0 Å². The van der Waals surface area contributed by atoms with Crippen molar-refractivity contribution >= 4 is 0 Å². The predicted molar refractivity (Wildman–Crippen MR) is 74.2 cm³/mol. The number of rotatable bonds is 3. The third-order valence-electron chi connectivity index (χ3n) is 5.38. The SMILES string of the molecule is CC1CCCC(C)N1CC1(C(C)C)CCNC1. The van der Waals surface area contributed by atoms with Gasteiger partial charge in [0.1, 0.15) is 0 Å². The summed E-state index contributed by atoms with van der Waals surface area (Å²) in [7, 11) is 0. The van der Waals surface area contributed by atoms with E-state index >= 15 is 0 Å². The van der Waals surface area contributed by atoms with Crippen LogP contribution in [0.2, 0.25) is 0 Å². The quantitative estimate of drug-likeness (QED) is 0.813. The Balaban J connectivity index is 2.06. The number of nitrogens with zero attached hydrogens (tertiary/aromatic N) is 1. The van der Waals surface area contributed by atoms with Crippen molar-refractivity contribution in [3.63, 3.8) is 0 Å². The van der Waals surface area contributed by atoms with Crippen molar-refractivity contribution in [2.24, 2.45) is 11.3 Å².